The highest BCUT2D eigenvalue weighted by Gasteiger charge is 2.43. The summed E-state index contributed by atoms with van der Waals surface area (Å²) < 4.78 is 1.52. The number of benzene rings is 2. The molecule has 2 heterocycles. The van der Waals surface area contributed by atoms with Crippen molar-refractivity contribution < 1.29 is 14.7 Å². The minimum absolute atomic E-state index is 0.00615. The summed E-state index contributed by atoms with van der Waals surface area (Å²) >= 11 is 0. The van der Waals surface area contributed by atoms with Crippen molar-refractivity contribution in [3.8, 4) is 0 Å². The van der Waals surface area contributed by atoms with Gasteiger partial charge in [-0.15, -0.1) is 0 Å². The predicted molar refractivity (Wildman–Crippen MR) is 108 cm³/mol. The Bertz CT molecular complexity index is 1120. The van der Waals surface area contributed by atoms with E-state index in [-0.39, 0.29) is 17.9 Å². The van der Waals surface area contributed by atoms with E-state index < -0.39 is 11.4 Å². The number of aromatic nitrogens is 2. The first-order valence-electron chi connectivity index (χ1n) is 9.53. The molecular formula is C22H21N3O4. The van der Waals surface area contributed by atoms with Gasteiger partial charge in [-0.05, 0) is 30.5 Å². The number of rotatable bonds is 4. The van der Waals surface area contributed by atoms with Crippen LogP contribution in [0.2, 0.25) is 0 Å². The normalized spacial score (nSPS) is 15.9. The first kappa shape index (κ1) is 18.9. The van der Waals surface area contributed by atoms with E-state index in [2.05, 4.69) is 5.10 Å². The Hall–Kier alpha value is -3.48. The third kappa shape index (κ3) is 3.40. The molecule has 148 valence electrons. The highest BCUT2D eigenvalue weighted by Crippen LogP contribution is 2.36. The molecule has 2 aromatic carbocycles. The summed E-state index contributed by atoms with van der Waals surface area (Å²) in [6.45, 7) is 0.725. The topological polar surface area (TPSA) is 92.5 Å². The monoisotopic (exact) mass is 391 g/mol. The Morgan fingerprint density at radius 2 is 1.66 bits per heavy atom. The van der Waals surface area contributed by atoms with Gasteiger partial charge in [0.25, 0.3) is 0 Å². The molecule has 1 aliphatic rings. The molecule has 0 bridgehead atoms. The molecule has 0 spiro atoms. The molecule has 1 saturated heterocycles. The fraction of sp³-hybridized carbons (Fsp3) is 0.273. The minimum Gasteiger partial charge on any atom is -0.481 e. The van der Waals surface area contributed by atoms with E-state index in [0.717, 1.165) is 5.56 Å². The summed E-state index contributed by atoms with van der Waals surface area (Å²) in [6, 6.07) is 16.3. The van der Waals surface area contributed by atoms with Crippen LogP contribution in [-0.4, -0.2) is 44.8 Å². The van der Waals surface area contributed by atoms with Crippen LogP contribution in [0.15, 0.2) is 65.6 Å². The van der Waals surface area contributed by atoms with Crippen molar-refractivity contribution in [2.24, 2.45) is 0 Å². The molecule has 0 unspecified atom stereocenters. The Kier molecular flexibility index (Phi) is 4.88. The van der Waals surface area contributed by atoms with Crippen LogP contribution in [0.25, 0.3) is 10.9 Å². The number of nitrogens with zero attached hydrogens (tertiary/aromatic N) is 3. The summed E-state index contributed by atoms with van der Waals surface area (Å²) in [4.78, 5) is 38.6. The predicted octanol–water partition coefficient (Wildman–Crippen LogP) is 2.04. The molecular weight excluding hydrogens is 370 g/mol. The van der Waals surface area contributed by atoms with Crippen LogP contribution in [0.3, 0.4) is 0 Å². The first-order valence-corrected chi connectivity index (χ1v) is 9.53. The lowest BCUT2D eigenvalue weighted by molar-refractivity contribution is -0.148. The SMILES string of the molecule is O=C(Cn1ncc(=O)c2ccccc21)N1CCC(C(=O)O)(c2ccccc2)CC1. The molecule has 1 fully saturated rings. The number of carbonyl (C=O) groups excluding carboxylic acids is 1. The van der Waals surface area contributed by atoms with Gasteiger partial charge in [0.1, 0.15) is 6.54 Å². The number of hydrogen-bond donors (Lipinski definition) is 1. The molecule has 1 aliphatic heterocycles. The van der Waals surface area contributed by atoms with Crippen LogP contribution in [0.4, 0.5) is 0 Å². The van der Waals surface area contributed by atoms with Crippen molar-refractivity contribution in [3.63, 3.8) is 0 Å². The smallest absolute Gasteiger partial charge is 0.314 e. The van der Waals surface area contributed by atoms with Gasteiger partial charge >= 0.3 is 5.97 Å². The molecule has 1 amide bonds. The number of carboxylic acids is 1. The molecule has 1 N–H and O–H groups in total. The van der Waals surface area contributed by atoms with Gasteiger partial charge in [-0.25, -0.2) is 0 Å². The van der Waals surface area contributed by atoms with Crippen LogP contribution in [0.5, 0.6) is 0 Å². The molecule has 4 rings (SSSR count). The van der Waals surface area contributed by atoms with Crippen molar-refractivity contribution in [1.29, 1.82) is 0 Å². The lowest BCUT2D eigenvalue weighted by Crippen LogP contribution is -2.49. The van der Waals surface area contributed by atoms with E-state index in [1.165, 1.54) is 10.9 Å². The third-order valence-corrected chi connectivity index (χ3v) is 5.75. The maximum atomic E-state index is 12.9. The van der Waals surface area contributed by atoms with Gasteiger partial charge < -0.3 is 10.0 Å². The Labute approximate surface area is 167 Å². The van der Waals surface area contributed by atoms with Crippen molar-refractivity contribution in [3.05, 3.63) is 76.6 Å². The van der Waals surface area contributed by atoms with Gasteiger partial charge in [0, 0.05) is 18.5 Å². The second-order valence-electron chi connectivity index (χ2n) is 7.32. The second-order valence-corrected chi connectivity index (χ2v) is 7.32. The Balaban J connectivity index is 1.52. The highest BCUT2D eigenvalue weighted by atomic mass is 16.4. The quantitative estimate of drug-likeness (QED) is 0.735. The van der Waals surface area contributed by atoms with Gasteiger partial charge in [-0.2, -0.15) is 5.10 Å². The molecule has 1 aromatic heterocycles. The fourth-order valence-corrected chi connectivity index (χ4v) is 4.04. The molecule has 29 heavy (non-hydrogen) atoms. The van der Waals surface area contributed by atoms with Crippen LogP contribution in [0.1, 0.15) is 18.4 Å². The number of aliphatic carboxylic acids is 1. The van der Waals surface area contributed by atoms with Crippen molar-refractivity contribution in [1.82, 2.24) is 14.7 Å². The summed E-state index contributed by atoms with van der Waals surface area (Å²) in [7, 11) is 0. The average molecular weight is 391 g/mol. The standard InChI is InChI=1S/C22H21N3O4/c26-19-14-23-25(18-9-5-4-8-17(18)19)15-20(27)24-12-10-22(11-13-24,21(28)29)16-6-2-1-3-7-16/h1-9,14H,10-13,15H2,(H,28,29). The highest BCUT2D eigenvalue weighted by molar-refractivity contribution is 5.84. The summed E-state index contributed by atoms with van der Waals surface area (Å²) in [5.74, 6) is -0.998. The van der Waals surface area contributed by atoms with E-state index in [1.807, 2.05) is 30.3 Å². The number of piperidine rings is 1. The molecule has 0 atom stereocenters. The minimum atomic E-state index is -0.972. The van der Waals surface area contributed by atoms with E-state index in [4.69, 9.17) is 0 Å². The zero-order valence-corrected chi connectivity index (χ0v) is 15.8. The van der Waals surface area contributed by atoms with Gasteiger partial charge in [0.2, 0.25) is 11.3 Å². The van der Waals surface area contributed by atoms with E-state index >= 15 is 0 Å². The summed E-state index contributed by atoms with van der Waals surface area (Å²) in [5, 5.41) is 14.5. The largest absolute Gasteiger partial charge is 0.481 e. The number of hydrogen-bond acceptors (Lipinski definition) is 4. The number of likely N-dealkylation sites (tertiary alicyclic amines) is 1. The Morgan fingerprint density at radius 1 is 1.00 bits per heavy atom. The first-order chi connectivity index (χ1) is 14.0. The Morgan fingerprint density at radius 3 is 2.34 bits per heavy atom. The number of fused-ring (bicyclic) bond motifs is 1. The van der Waals surface area contributed by atoms with Crippen molar-refractivity contribution in [2.75, 3.05) is 13.1 Å². The molecule has 0 aliphatic carbocycles. The lowest BCUT2D eigenvalue weighted by atomic mass is 9.73. The van der Waals surface area contributed by atoms with Crippen molar-refractivity contribution >= 4 is 22.8 Å². The molecule has 7 nitrogen and oxygen atoms in total. The fourth-order valence-electron chi connectivity index (χ4n) is 4.04. The lowest BCUT2D eigenvalue weighted by Gasteiger charge is -2.39. The molecule has 0 saturated carbocycles. The van der Waals surface area contributed by atoms with Gasteiger partial charge in [0.05, 0.1) is 17.1 Å². The molecule has 3 aromatic rings. The van der Waals surface area contributed by atoms with Crippen LogP contribution >= 0.6 is 0 Å². The third-order valence-electron chi connectivity index (χ3n) is 5.75. The van der Waals surface area contributed by atoms with Gasteiger partial charge in [-0.3, -0.25) is 19.1 Å². The van der Waals surface area contributed by atoms with Crippen LogP contribution in [-0.2, 0) is 21.5 Å². The number of amides is 1. The van der Waals surface area contributed by atoms with E-state index in [0.29, 0.717) is 36.8 Å². The second kappa shape index (κ2) is 7.50. The van der Waals surface area contributed by atoms with Crippen LogP contribution < -0.4 is 5.43 Å². The van der Waals surface area contributed by atoms with Crippen LogP contribution in [0, 0.1) is 0 Å². The van der Waals surface area contributed by atoms with Gasteiger partial charge in [-0.1, -0.05) is 42.5 Å². The van der Waals surface area contributed by atoms with E-state index in [9.17, 15) is 19.5 Å². The number of carboxylic acid groups (broad SMARTS) is 1. The zero-order chi connectivity index (χ0) is 20.4. The number of para-hydroxylation sites is 1. The average Bonchev–Trinajstić information content (AvgIpc) is 2.76. The number of carbonyl (C=O) groups is 2. The molecule has 7 heteroatoms. The summed E-state index contributed by atoms with van der Waals surface area (Å²) in [6.07, 6.45) is 1.93. The van der Waals surface area contributed by atoms with E-state index in [1.54, 1.807) is 29.2 Å². The maximum absolute atomic E-state index is 12.9. The summed E-state index contributed by atoms with van der Waals surface area (Å²) in [5.41, 5.74) is 0.221. The van der Waals surface area contributed by atoms with Crippen molar-refractivity contribution in [2.45, 2.75) is 24.8 Å². The van der Waals surface area contributed by atoms with Gasteiger partial charge in [0.15, 0.2) is 0 Å². The zero-order valence-electron chi connectivity index (χ0n) is 15.8. The molecule has 0 radical (unpaired) electrons. The maximum Gasteiger partial charge on any atom is 0.314 e.